The Morgan fingerprint density at radius 3 is 2.62 bits per heavy atom. The molecular weight excluding hydrogens is 367 g/mol. The molecule has 0 unspecified atom stereocenters. The van der Waals surface area contributed by atoms with Gasteiger partial charge in [0.2, 0.25) is 0 Å². The number of aliphatic hydroxyl groups is 1. The normalized spacial score (nSPS) is 12.7. The first-order valence-electron chi connectivity index (χ1n) is 8.90. The molecule has 0 aliphatic carbocycles. The van der Waals surface area contributed by atoms with Crippen LogP contribution in [0, 0.1) is 6.92 Å². The van der Waals surface area contributed by atoms with E-state index in [-0.39, 0.29) is 12.6 Å². The van der Waals surface area contributed by atoms with E-state index in [9.17, 15) is 5.11 Å². The Balaban J connectivity index is 1.99. The number of nitrogens with one attached hydrogen (secondary N) is 1. The van der Waals surface area contributed by atoms with E-state index >= 15 is 0 Å². The number of rotatable bonds is 7. The number of halogens is 2. The average Bonchev–Trinajstić information content (AvgIpc) is 2.90. The van der Waals surface area contributed by atoms with E-state index in [1.165, 1.54) is 22.2 Å². The number of aromatic nitrogens is 1. The van der Waals surface area contributed by atoms with Crippen LogP contribution in [-0.4, -0.2) is 22.3 Å². The van der Waals surface area contributed by atoms with Gasteiger partial charge < -0.3 is 15.0 Å². The first-order chi connectivity index (χ1) is 12.5. The van der Waals surface area contributed by atoms with E-state index in [4.69, 9.17) is 23.2 Å². The molecule has 138 valence electrons. The minimum absolute atomic E-state index is 0.113. The highest BCUT2D eigenvalue weighted by molar-refractivity contribution is 6.35. The molecule has 0 bridgehead atoms. The van der Waals surface area contributed by atoms with Crippen molar-refractivity contribution < 1.29 is 5.11 Å². The minimum Gasteiger partial charge on any atom is -0.395 e. The van der Waals surface area contributed by atoms with Crippen LogP contribution in [0.2, 0.25) is 10.0 Å². The molecule has 3 rings (SSSR count). The van der Waals surface area contributed by atoms with Crippen molar-refractivity contribution in [2.45, 2.75) is 39.4 Å². The second-order valence-electron chi connectivity index (χ2n) is 6.57. The molecule has 1 heterocycles. The van der Waals surface area contributed by atoms with Crippen molar-refractivity contribution in [1.29, 1.82) is 0 Å². The second-order valence-corrected chi connectivity index (χ2v) is 7.42. The van der Waals surface area contributed by atoms with Gasteiger partial charge in [0.05, 0.1) is 6.61 Å². The van der Waals surface area contributed by atoms with E-state index in [1.807, 2.05) is 12.1 Å². The fourth-order valence-electron chi connectivity index (χ4n) is 3.33. The van der Waals surface area contributed by atoms with Gasteiger partial charge in [-0.15, -0.1) is 0 Å². The molecule has 3 nitrogen and oxygen atoms in total. The van der Waals surface area contributed by atoms with Crippen LogP contribution in [0.15, 0.2) is 42.5 Å². The maximum atomic E-state index is 9.45. The van der Waals surface area contributed by atoms with Crippen molar-refractivity contribution in [2.75, 3.05) is 6.61 Å². The molecule has 0 aliphatic heterocycles. The van der Waals surface area contributed by atoms with Gasteiger partial charge in [-0.2, -0.15) is 0 Å². The lowest BCUT2D eigenvalue weighted by molar-refractivity contribution is 0.238. The summed E-state index contributed by atoms with van der Waals surface area (Å²) in [4.78, 5) is 0. The summed E-state index contributed by atoms with van der Waals surface area (Å²) in [6.07, 6.45) is 0.897. The molecule has 0 spiro atoms. The molecule has 2 aromatic carbocycles. The van der Waals surface area contributed by atoms with Crippen LogP contribution in [0.5, 0.6) is 0 Å². The molecule has 0 saturated heterocycles. The Morgan fingerprint density at radius 2 is 1.92 bits per heavy atom. The highest BCUT2D eigenvalue weighted by Gasteiger charge is 2.16. The zero-order valence-corrected chi connectivity index (χ0v) is 16.6. The summed E-state index contributed by atoms with van der Waals surface area (Å²) in [6.45, 7) is 5.79. The highest BCUT2D eigenvalue weighted by Crippen LogP contribution is 2.29. The smallest absolute Gasteiger partial charge is 0.0584 e. The number of hydrogen-bond donors (Lipinski definition) is 2. The third-order valence-corrected chi connectivity index (χ3v) is 5.57. The summed E-state index contributed by atoms with van der Waals surface area (Å²) < 4.78 is 2.29. The molecule has 0 aliphatic rings. The third-order valence-electron chi connectivity index (χ3n) is 4.99. The maximum absolute atomic E-state index is 9.45. The molecule has 2 N–H and O–H groups in total. The number of hydrogen-bond acceptors (Lipinski definition) is 2. The van der Waals surface area contributed by atoms with Crippen LogP contribution < -0.4 is 5.32 Å². The van der Waals surface area contributed by atoms with Crippen LogP contribution >= 0.6 is 23.2 Å². The van der Waals surface area contributed by atoms with Crippen LogP contribution in [0.1, 0.15) is 30.2 Å². The number of aliphatic hydroxyl groups excluding tert-OH is 1. The highest BCUT2D eigenvalue weighted by atomic mass is 35.5. The summed E-state index contributed by atoms with van der Waals surface area (Å²) in [7, 11) is 0. The zero-order chi connectivity index (χ0) is 18.7. The quantitative estimate of drug-likeness (QED) is 0.583. The van der Waals surface area contributed by atoms with Gasteiger partial charge in [-0.3, -0.25) is 0 Å². The Kier molecular flexibility index (Phi) is 6.25. The molecule has 1 atom stereocenters. The van der Waals surface area contributed by atoms with Gasteiger partial charge in [0, 0.05) is 45.8 Å². The monoisotopic (exact) mass is 390 g/mol. The minimum atomic E-state index is 0.113. The molecule has 26 heavy (non-hydrogen) atoms. The summed E-state index contributed by atoms with van der Waals surface area (Å²) in [6, 6.07) is 14.2. The van der Waals surface area contributed by atoms with Crippen molar-refractivity contribution in [3.05, 3.63) is 69.3 Å². The number of para-hydroxylation sites is 1. The molecule has 0 saturated carbocycles. The van der Waals surface area contributed by atoms with Gasteiger partial charge in [-0.25, -0.2) is 0 Å². The lowest BCUT2D eigenvalue weighted by atomic mass is 10.1. The molecular formula is C21H24Cl2N2O. The van der Waals surface area contributed by atoms with Crippen molar-refractivity contribution in [2.24, 2.45) is 0 Å². The molecule has 0 fully saturated rings. The van der Waals surface area contributed by atoms with Gasteiger partial charge in [-0.1, -0.05) is 54.4 Å². The number of fused-ring (bicyclic) bond motifs is 1. The van der Waals surface area contributed by atoms with Crippen molar-refractivity contribution in [1.82, 2.24) is 9.88 Å². The SMILES string of the molecule is CC[C@@H](CO)NCc1c(C)n(Cc2ccc(Cl)cc2Cl)c2ccccc12. The Labute approximate surface area is 164 Å². The number of benzene rings is 2. The van der Waals surface area contributed by atoms with Gasteiger partial charge >= 0.3 is 0 Å². The summed E-state index contributed by atoms with van der Waals surface area (Å²) in [5, 5.41) is 15.5. The molecule has 0 amide bonds. The lowest BCUT2D eigenvalue weighted by Crippen LogP contribution is -2.31. The Hall–Kier alpha value is -1.52. The van der Waals surface area contributed by atoms with E-state index in [2.05, 4.69) is 48.0 Å². The average molecular weight is 391 g/mol. The zero-order valence-electron chi connectivity index (χ0n) is 15.1. The fourth-order valence-corrected chi connectivity index (χ4v) is 3.80. The molecule has 1 aromatic heterocycles. The largest absolute Gasteiger partial charge is 0.395 e. The third kappa shape index (κ3) is 3.91. The summed E-state index contributed by atoms with van der Waals surface area (Å²) in [5.74, 6) is 0. The van der Waals surface area contributed by atoms with Crippen molar-refractivity contribution in [3.8, 4) is 0 Å². The first kappa shape index (κ1) is 19.2. The second kappa shape index (κ2) is 8.45. The van der Waals surface area contributed by atoms with Crippen LogP contribution in [-0.2, 0) is 13.1 Å². The lowest BCUT2D eigenvalue weighted by Gasteiger charge is -2.14. The molecule has 0 radical (unpaired) electrons. The maximum Gasteiger partial charge on any atom is 0.0584 e. The van der Waals surface area contributed by atoms with Crippen LogP contribution in [0.3, 0.4) is 0 Å². The van der Waals surface area contributed by atoms with Gasteiger partial charge in [0.1, 0.15) is 0 Å². The van der Waals surface area contributed by atoms with Gasteiger partial charge in [0.25, 0.3) is 0 Å². The van der Waals surface area contributed by atoms with E-state index < -0.39 is 0 Å². The number of nitrogens with zero attached hydrogens (tertiary/aromatic N) is 1. The molecule has 5 heteroatoms. The summed E-state index contributed by atoms with van der Waals surface area (Å²) in [5.41, 5.74) is 4.70. The van der Waals surface area contributed by atoms with Crippen molar-refractivity contribution in [3.63, 3.8) is 0 Å². The van der Waals surface area contributed by atoms with Crippen LogP contribution in [0.4, 0.5) is 0 Å². The topological polar surface area (TPSA) is 37.2 Å². The Bertz CT molecular complexity index is 900. The van der Waals surface area contributed by atoms with Gasteiger partial charge in [-0.05, 0) is 42.7 Å². The van der Waals surface area contributed by atoms with E-state index in [0.717, 1.165) is 18.5 Å². The molecule has 3 aromatic rings. The first-order valence-corrected chi connectivity index (χ1v) is 9.65. The predicted octanol–water partition coefficient (Wildman–Crippen LogP) is 5.17. The standard InChI is InChI=1S/C21H24Cl2N2O/c1-3-17(13-26)24-11-19-14(2)25(21-7-5-4-6-18(19)21)12-15-8-9-16(22)10-20(15)23/h4-10,17,24,26H,3,11-13H2,1-2H3/t17-/m0/s1. The van der Waals surface area contributed by atoms with E-state index in [0.29, 0.717) is 16.6 Å². The summed E-state index contributed by atoms with van der Waals surface area (Å²) >= 11 is 12.4. The van der Waals surface area contributed by atoms with E-state index in [1.54, 1.807) is 6.07 Å². The predicted molar refractivity (Wildman–Crippen MR) is 110 cm³/mol. The fraction of sp³-hybridized carbons (Fsp3) is 0.333. The van der Waals surface area contributed by atoms with Gasteiger partial charge in [0.15, 0.2) is 0 Å². The van der Waals surface area contributed by atoms with Crippen LogP contribution in [0.25, 0.3) is 10.9 Å². The van der Waals surface area contributed by atoms with Crippen molar-refractivity contribution >= 4 is 34.1 Å². The Morgan fingerprint density at radius 1 is 1.15 bits per heavy atom.